The molecule has 140 valence electrons. The van der Waals surface area contributed by atoms with Crippen molar-refractivity contribution in [3.8, 4) is 11.8 Å². The van der Waals surface area contributed by atoms with Gasteiger partial charge in [0, 0.05) is 24.4 Å². The largest absolute Gasteiger partial charge is 0.365 e. The molecule has 1 aliphatic rings. The number of carbonyl (C=O) groups is 2. The maximum Gasteiger partial charge on any atom is 0.319 e. The average molecular weight is 387 g/mol. The van der Waals surface area contributed by atoms with Gasteiger partial charge in [0.05, 0.1) is 16.6 Å². The van der Waals surface area contributed by atoms with E-state index in [0.717, 1.165) is 30.7 Å². The highest BCUT2D eigenvalue weighted by molar-refractivity contribution is 7.15. The summed E-state index contributed by atoms with van der Waals surface area (Å²) in [6, 6.07) is 3.58. The van der Waals surface area contributed by atoms with E-state index in [1.807, 2.05) is 0 Å². The second-order valence-electron chi connectivity index (χ2n) is 6.01. The molecule has 2 aromatic heterocycles. The van der Waals surface area contributed by atoms with Crippen molar-refractivity contribution in [2.24, 2.45) is 11.5 Å². The molecule has 0 spiro atoms. The Hall–Kier alpha value is -2.96. The molecule has 0 aromatic carbocycles. The first-order chi connectivity index (χ1) is 13.0. The van der Waals surface area contributed by atoms with Crippen LogP contribution in [-0.4, -0.2) is 36.1 Å². The number of piperidine rings is 1. The molecule has 3 rings (SSSR count). The minimum absolute atomic E-state index is 0.168. The number of anilines is 1. The van der Waals surface area contributed by atoms with E-state index in [0.29, 0.717) is 22.7 Å². The minimum Gasteiger partial charge on any atom is -0.365 e. The Bertz CT molecular complexity index is 927. The first-order valence-electron chi connectivity index (χ1n) is 8.32. The number of nitrogens with one attached hydrogen (secondary N) is 1. The lowest BCUT2D eigenvalue weighted by molar-refractivity contribution is 0.100. The lowest BCUT2D eigenvalue weighted by Gasteiger charge is -2.33. The fourth-order valence-corrected chi connectivity index (χ4v) is 3.82. The van der Waals surface area contributed by atoms with Crippen LogP contribution in [0.25, 0.3) is 0 Å². The summed E-state index contributed by atoms with van der Waals surface area (Å²) >= 11 is 1.07. The van der Waals surface area contributed by atoms with Crippen LogP contribution in [0.2, 0.25) is 0 Å². The topological polar surface area (TPSA) is 114 Å². The van der Waals surface area contributed by atoms with Crippen molar-refractivity contribution in [3.05, 3.63) is 45.7 Å². The summed E-state index contributed by atoms with van der Waals surface area (Å²) in [7, 11) is 0. The van der Waals surface area contributed by atoms with Crippen LogP contribution >= 0.6 is 11.3 Å². The van der Waals surface area contributed by atoms with Gasteiger partial charge in [0.1, 0.15) is 4.88 Å². The minimum atomic E-state index is -0.659. The van der Waals surface area contributed by atoms with E-state index in [1.165, 1.54) is 17.2 Å². The molecule has 0 bridgehead atoms. The SMILES string of the molecule is NC(=O)c1sc(C#Cc2ccnc(F)c2)cc1N(C(N)=O)[C@H]1CCCNC1. The molecule has 1 atom stereocenters. The molecule has 0 unspecified atom stereocenters. The first-order valence-corrected chi connectivity index (χ1v) is 9.14. The van der Waals surface area contributed by atoms with Crippen LogP contribution in [0.5, 0.6) is 0 Å². The van der Waals surface area contributed by atoms with Gasteiger partial charge in [-0.05, 0) is 31.5 Å². The number of nitrogens with zero attached hydrogens (tertiary/aromatic N) is 2. The van der Waals surface area contributed by atoms with Crippen molar-refractivity contribution in [2.75, 3.05) is 18.0 Å². The fraction of sp³-hybridized carbons (Fsp3) is 0.278. The van der Waals surface area contributed by atoms with Gasteiger partial charge in [0.2, 0.25) is 5.95 Å². The Balaban J connectivity index is 1.97. The smallest absolute Gasteiger partial charge is 0.319 e. The molecule has 3 amide bonds. The molecule has 27 heavy (non-hydrogen) atoms. The van der Waals surface area contributed by atoms with Gasteiger partial charge in [-0.1, -0.05) is 11.8 Å². The number of aromatic nitrogens is 1. The highest BCUT2D eigenvalue weighted by Crippen LogP contribution is 2.32. The summed E-state index contributed by atoms with van der Waals surface area (Å²) in [6.45, 7) is 1.45. The fourth-order valence-electron chi connectivity index (χ4n) is 2.96. The van der Waals surface area contributed by atoms with Crippen molar-refractivity contribution in [3.63, 3.8) is 0 Å². The van der Waals surface area contributed by atoms with Crippen molar-refractivity contribution in [2.45, 2.75) is 18.9 Å². The number of rotatable bonds is 3. The first kappa shape index (κ1) is 18.8. The molecule has 0 radical (unpaired) electrons. The summed E-state index contributed by atoms with van der Waals surface area (Å²) in [5.41, 5.74) is 11.9. The van der Waals surface area contributed by atoms with E-state index in [-0.39, 0.29) is 10.9 Å². The summed E-state index contributed by atoms with van der Waals surface area (Å²) in [5, 5.41) is 3.22. The molecule has 0 aliphatic carbocycles. The van der Waals surface area contributed by atoms with Crippen molar-refractivity contribution < 1.29 is 14.0 Å². The molecule has 0 saturated carbocycles. The maximum absolute atomic E-state index is 13.2. The maximum atomic E-state index is 13.2. The van der Waals surface area contributed by atoms with Gasteiger partial charge in [-0.25, -0.2) is 9.78 Å². The number of hydrogen-bond acceptors (Lipinski definition) is 5. The Labute approximate surface area is 159 Å². The number of hydrogen-bond donors (Lipinski definition) is 3. The van der Waals surface area contributed by atoms with Gasteiger partial charge in [-0.2, -0.15) is 4.39 Å². The van der Waals surface area contributed by atoms with Crippen LogP contribution in [0.4, 0.5) is 14.9 Å². The summed E-state index contributed by atoms with van der Waals surface area (Å²) in [4.78, 5) is 29.6. The van der Waals surface area contributed by atoms with E-state index < -0.39 is 17.9 Å². The second-order valence-corrected chi connectivity index (χ2v) is 7.07. The van der Waals surface area contributed by atoms with Crippen LogP contribution < -0.4 is 21.7 Å². The molecule has 3 heterocycles. The number of primary amides is 2. The van der Waals surface area contributed by atoms with E-state index in [1.54, 1.807) is 12.1 Å². The number of urea groups is 1. The van der Waals surface area contributed by atoms with Crippen LogP contribution in [0.3, 0.4) is 0 Å². The molecule has 1 fully saturated rings. The second kappa shape index (κ2) is 8.16. The quantitative estimate of drug-likeness (QED) is 0.546. The van der Waals surface area contributed by atoms with E-state index in [4.69, 9.17) is 11.5 Å². The summed E-state index contributed by atoms with van der Waals surface area (Å²) in [5.74, 6) is 4.39. The number of halogens is 1. The normalized spacial score (nSPS) is 16.3. The number of thiophene rings is 1. The van der Waals surface area contributed by atoms with Crippen molar-refractivity contribution in [1.29, 1.82) is 0 Å². The Morgan fingerprint density at radius 1 is 1.33 bits per heavy atom. The van der Waals surface area contributed by atoms with Gasteiger partial charge in [0.15, 0.2) is 0 Å². The highest BCUT2D eigenvalue weighted by Gasteiger charge is 2.29. The van der Waals surface area contributed by atoms with Crippen LogP contribution in [0, 0.1) is 17.8 Å². The molecule has 1 aliphatic heterocycles. The zero-order chi connectivity index (χ0) is 19.4. The third-order valence-electron chi connectivity index (χ3n) is 4.13. The molecule has 9 heteroatoms. The van der Waals surface area contributed by atoms with E-state index in [2.05, 4.69) is 22.1 Å². The average Bonchev–Trinajstić information content (AvgIpc) is 3.05. The van der Waals surface area contributed by atoms with Crippen molar-refractivity contribution >= 4 is 29.0 Å². The van der Waals surface area contributed by atoms with Gasteiger partial charge in [-0.15, -0.1) is 11.3 Å². The molecule has 7 nitrogen and oxygen atoms in total. The van der Waals surface area contributed by atoms with Crippen molar-refractivity contribution in [1.82, 2.24) is 10.3 Å². The Kier molecular flexibility index (Phi) is 5.69. The molecule has 5 N–H and O–H groups in total. The monoisotopic (exact) mass is 387 g/mol. The molecular formula is C18H18FN5O2S. The van der Waals surface area contributed by atoms with E-state index >= 15 is 0 Å². The zero-order valence-corrected chi connectivity index (χ0v) is 15.2. The molecule has 1 saturated heterocycles. The summed E-state index contributed by atoms with van der Waals surface area (Å²) < 4.78 is 13.2. The standard InChI is InChI=1S/C18H18FN5O2S/c19-15-8-11(5-7-23-15)3-4-13-9-14(16(27-13)17(20)25)24(18(21)26)12-2-1-6-22-10-12/h5,7-9,12,22H,1-2,6,10H2,(H2,20,25)(H2,21,26)/t12-/m0/s1. The van der Waals surface area contributed by atoms with Gasteiger partial charge in [0.25, 0.3) is 5.91 Å². The van der Waals surface area contributed by atoms with Gasteiger partial charge < -0.3 is 16.8 Å². The molecule has 2 aromatic rings. The molecular weight excluding hydrogens is 369 g/mol. The number of amides is 3. The van der Waals surface area contributed by atoms with E-state index in [9.17, 15) is 14.0 Å². The van der Waals surface area contributed by atoms with Gasteiger partial charge in [-0.3, -0.25) is 9.69 Å². The lowest BCUT2D eigenvalue weighted by atomic mass is 10.1. The lowest BCUT2D eigenvalue weighted by Crippen LogP contribution is -2.51. The van der Waals surface area contributed by atoms with Crippen LogP contribution in [-0.2, 0) is 0 Å². The number of carbonyl (C=O) groups excluding carboxylic acids is 2. The van der Waals surface area contributed by atoms with Crippen LogP contribution in [0.1, 0.15) is 33.0 Å². The highest BCUT2D eigenvalue weighted by atomic mass is 32.1. The summed E-state index contributed by atoms with van der Waals surface area (Å²) in [6.07, 6.45) is 2.98. The predicted octanol–water partition coefficient (Wildman–Crippen LogP) is 1.42. The van der Waals surface area contributed by atoms with Crippen LogP contribution in [0.15, 0.2) is 24.4 Å². The Morgan fingerprint density at radius 3 is 2.78 bits per heavy atom. The zero-order valence-electron chi connectivity index (χ0n) is 14.4. The predicted molar refractivity (Wildman–Crippen MR) is 101 cm³/mol. The van der Waals surface area contributed by atoms with Gasteiger partial charge >= 0.3 is 6.03 Å². The third-order valence-corrected chi connectivity index (χ3v) is 5.18. The Morgan fingerprint density at radius 2 is 2.15 bits per heavy atom. The number of pyridine rings is 1. The number of nitrogens with two attached hydrogens (primary N) is 2. The third kappa shape index (κ3) is 4.42.